The van der Waals surface area contributed by atoms with E-state index in [1.165, 1.54) is 18.2 Å². The number of aromatic nitrogens is 2. The smallest absolute Gasteiger partial charge is 0.163 e. The molecule has 7 heteroatoms. The summed E-state index contributed by atoms with van der Waals surface area (Å²) in [7, 11) is 1.55. The highest BCUT2D eigenvalue weighted by atomic mass is 79.9. The molecule has 100 valence electrons. The van der Waals surface area contributed by atoms with Gasteiger partial charge in [0.25, 0.3) is 0 Å². The van der Waals surface area contributed by atoms with Gasteiger partial charge in [-0.1, -0.05) is 11.6 Å². The third-order valence-electron chi connectivity index (χ3n) is 2.40. The van der Waals surface area contributed by atoms with E-state index in [0.29, 0.717) is 21.6 Å². The first-order valence-electron chi connectivity index (χ1n) is 5.29. The van der Waals surface area contributed by atoms with Gasteiger partial charge in [0.15, 0.2) is 5.82 Å². The molecule has 0 saturated carbocycles. The summed E-state index contributed by atoms with van der Waals surface area (Å²) < 4.78 is 18.6. The summed E-state index contributed by atoms with van der Waals surface area (Å²) in [5.41, 5.74) is 6.91. The Hall–Kier alpha value is -1.24. The number of nitrogen functional groups attached to an aromatic ring is 1. The first kappa shape index (κ1) is 14.2. The molecule has 0 aliphatic carbocycles. The zero-order chi connectivity index (χ0) is 14.0. The number of nitrogens with two attached hydrogens (primary N) is 1. The minimum absolute atomic E-state index is 0.227. The normalized spacial score (nSPS) is 10.7. The minimum Gasteiger partial charge on any atom is -0.383 e. The molecular formula is C12H10BrClFN3O. The van der Waals surface area contributed by atoms with Crippen LogP contribution >= 0.6 is 27.5 Å². The summed E-state index contributed by atoms with van der Waals surface area (Å²) in [4.78, 5) is 8.45. The van der Waals surface area contributed by atoms with Crippen LogP contribution in [0.25, 0.3) is 11.4 Å². The lowest BCUT2D eigenvalue weighted by atomic mass is 10.2. The highest BCUT2D eigenvalue weighted by Gasteiger charge is 2.14. The summed E-state index contributed by atoms with van der Waals surface area (Å²) in [5.74, 6) is 0.186. The molecule has 0 spiro atoms. The molecule has 0 aliphatic heterocycles. The van der Waals surface area contributed by atoms with E-state index in [9.17, 15) is 4.39 Å². The van der Waals surface area contributed by atoms with Crippen LogP contribution in [-0.4, -0.2) is 17.1 Å². The summed E-state index contributed by atoms with van der Waals surface area (Å²) in [6.45, 7) is 0.277. The Balaban J connectivity index is 2.56. The number of halogens is 3. The Morgan fingerprint density at radius 1 is 1.42 bits per heavy atom. The lowest BCUT2D eigenvalue weighted by Crippen LogP contribution is -2.04. The molecule has 2 N–H and O–H groups in total. The van der Waals surface area contributed by atoms with Crippen LogP contribution in [0.5, 0.6) is 0 Å². The second-order valence-corrected chi connectivity index (χ2v) is 4.95. The van der Waals surface area contributed by atoms with E-state index >= 15 is 0 Å². The van der Waals surface area contributed by atoms with E-state index in [1.54, 1.807) is 7.11 Å². The van der Waals surface area contributed by atoms with E-state index in [1.807, 2.05) is 0 Å². The van der Waals surface area contributed by atoms with Gasteiger partial charge >= 0.3 is 0 Å². The molecule has 1 heterocycles. The average molecular weight is 347 g/mol. The molecule has 0 amide bonds. The zero-order valence-electron chi connectivity index (χ0n) is 9.95. The van der Waals surface area contributed by atoms with Crippen LogP contribution in [0.4, 0.5) is 10.2 Å². The predicted octanol–water partition coefficient (Wildman–Crippen LogP) is 3.43. The van der Waals surface area contributed by atoms with Crippen molar-refractivity contribution < 1.29 is 9.13 Å². The maximum atomic E-state index is 13.0. The largest absolute Gasteiger partial charge is 0.383 e. The van der Waals surface area contributed by atoms with Crippen molar-refractivity contribution in [2.75, 3.05) is 12.8 Å². The summed E-state index contributed by atoms with van der Waals surface area (Å²) in [6.07, 6.45) is 0. The highest BCUT2D eigenvalue weighted by molar-refractivity contribution is 9.10. The van der Waals surface area contributed by atoms with Crippen molar-refractivity contribution in [2.45, 2.75) is 6.61 Å². The third-order valence-corrected chi connectivity index (χ3v) is 3.58. The van der Waals surface area contributed by atoms with Crippen molar-refractivity contribution >= 4 is 33.3 Å². The van der Waals surface area contributed by atoms with E-state index in [4.69, 9.17) is 22.1 Å². The highest BCUT2D eigenvalue weighted by Crippen LogP contribution is 2.30. The Morgan fingerprint density at radius 2 is 2.16 bits per heavy atom. The van der Waals surface area contributed by atoms with Gasteiger partial charge in [0.2, 0.25) is 0 Å². The van der Waals surface area contributed by atoms with Crippen molar-refractivity contribution in [2.24, 2.45) is 0 Å². The first-order valence-corrected chi connectivity index (χ1v) is 6.46. The van der Waals surface area contributed by atoms with Gasteiger partial charge in [0.1, 0.15) is 11.6 Å². The Morgan fingerprint density at radius 3 is 2.79 bits per heavy atom. The van der Waals surface area contributed by atoms with Gasteiger partial charge < -0.3 is 10.5 Å². The number of rotatable bonds is 3. The molecule has 0 unspecified atom stereocenters. The van der Waals surface area contributed by atoms with Crippen molar-refractivity contribution in [1.82, 2.24) is 9.97 Å². The van der Waals surface area contributed by atoms with Crippen molar-refractivity contribution in [1.29, 1.82) is 0 Å². The number of benzene rings is 1. The standard InChI is InChI=1S/C12H10BrClFN3O/c1-19-5-9-10(13)11(16)18-12(17-9)7-3-2-6(15)4-8(7)14/h2-4H,5H2,1H3,(H2,16,17,18). The maximum Gasteiger partial charge on any atom is 0.163 e. The molecule has 4 nitrogen and oxygen atoms in total. The van der Waals surface area contributed by atoms with Crippen LogP contribution in [0.3, 0.4) is 0 Å². The van der Waals surface area contributed by atoms with Crippen LogP contribution in [0, 0.1) is 5.82 Å². The number of ether oxygens (including phenoxy) is 1. The van der Waals surface area contributed by atoms with Gasteiger partial charge in [-0.3, -0.25) is 0 Å². The molecule has 0 saturated heterocycles. The van der Waals surface area contributed by atoms with Gasteiger partial charge in [0, 0.05) is 12.7 Å². The second kappa shape index (κ2) is 5.81. The minimum atomic E-state index is -0.420. The molecule has 19 heavy (non-hydrogen) atoms. The monoisotopic (exact) mass is 345 g/mol. The van der Waals surface area contributed by atoms with Gasteiger partial charge in [-0.05, 0) is 34.1 Å². The Kier molecular flexibility index (Phi) is 4.34. The number of hydrogen-bond donors (Lipinski definition) is 1. The van der Waals surface area contributed by atoms with E-state index in [0.717, 1.165) is 0 Å². The summed E-state index contributed by atoms with van der Waals surface area (Å²) in [6, 6.07) is 4.00. The lowest BCUT2D eigenvalue weighted by Gasteiger charge is -2.09. The molecule has 0 atom stereocenters. The molecule has 1 aromatic carbocycles. The predicted molar refractivity (Wildman–Crippen MR) is 75.3 cm³/mol. The van der Waals surface area contributed by atoms with Gasteiger partial charge in [-0.25, -0.2) is 14.4 Å². The topological polar surface area (TPSA) is 61.0 Å². The quantitative estimate of drug-likeness (QED) is 0.925. The van der Waals surface area contributed by atoms with Crippen molar-refractivity contribution in [3.8, 4) is 11.4 Å². The van der Waals surface area contributed by atoms with E-state index < -0.39 is 5.82 Å². The molecule has 2 aromatic rings. The van der Waals surface area contributed by atoms with Crippen LogP contribution in [0.2, 0.25) is 5.02 Å². The molecule has 0 fully saturated rings. The van der Waals surface area contributed by atoms with Crippen molar-refractivity contribution in [3.63, 3.8) is 0 Å². The fourth-order valence-electron chi connectivity index (χ4n) is 1.54. The summed E-state index contributed by atoms with van der Waals surface area (Å²) >= 11 is 9.28. The number of anilines is 1. The molecule has 1 aromatic heterocycles. The first-order chi connectivity index (χ1) is 9.02. The molecule has 2 rings (SSSR count). The van der Waals surface area contributed by atoms with E-state index in [2.05, 4.69) is 25.9 Å². The number of nitrogens with zero attached hydrogens (tertiary/aromatic N) is 2. The lowest BCUT2D eigenvalue weighted by molar-refractivity contribution is 0.181. The second-order valence-electron chi connectivity index (χ2n) is 3.75. The molecule has 0 radical (unpaired) electrons. The van der Waals surface area contributed by atoms with Gasteiger partial charge in [-0.2, -0.15) is 0 Å². The van der Waals surface area contributed by atoms with Crippen LogP contribution in [0.15, 0.2) is 22.7 Å². The van der Waals surface area contributed by atoms with Gasteiger partial charge in [-0.15, -0.1) is 0 Å². The third kappa shape index (κ3) is 3.02. The number of hydrogen-bond acceptors (Lipinski definition) is 4. The Labute approximate surface area is 122 Å². The van der Waals surface area contributed by atoms with Crippen LogP contribution in [-0.2, 0) is 11.3 Å². The van der Waals surface area contributed by atoms with E-state index in [-0.39, 0.29) is 17.4 Å². The van der Waals surface area contributed by atoms with Crippen LogP contribution in [0.1, 0.15) is 5.69 Å². The average Bonchev–Trinajstić information content (AvgIpc) is 2.35. The van der Waals surface area contributed by atoms with Gasteiger partial charge in [0.05, 0.1) is 21.8 Å². The van der Waals surface area contributed by atoms with Crippen molar-refractivity contribution in [3.05, 3.63) is 39.2 Å². The maximum absolute atomic E-state index is 13.0. The molecular weight excluding hydrogens is 337 g/mol. The SMILES string of the molecule is COCc1nc(-c2ccc(F)cc2Cl)nc(N)c1Br. The summed E-state index contributed by atoms with van der Waals surface area (Å²) in [5, 5.41) is 0.227. The molecule has 0 bridgehead atoms. The number of methoxy groups -OCH3 is 1. The molecule has 0 aliphatic rings. The Bertz CT molecular complexity index is 624. The fraction of sp³-hybridized carbons (Fsp3) is 0.167. The fourth-order valence-corrected chi connectivity index (χ4v) is 2.08. The zero-order valence-corrected chi connectivity index (χ0v) is 12.3. The van der Waals surface area contributed by atoms with Crippen LogP contribution < -0.4 is 5.73 Å².